The van der Waals surface area contributed by atoms with Crippen LogP contribution >= 0.6 is 11.3 Å². The zero-order valence-corrected chi connectivity index (χ0v) is 51.7. The molecule has 0 saturated carbocycles. The highest BCUT2D eigenvalue weighted by Crippen LogP contribution is 2.41. The van der Waals surface area contributed by atoms with Gasteiger partial charge in [0.1, 0.15) is 6.10 Å². The Labute approximate surface area is 520 Å². The van der Waals surface area contributed by atoms with Crippen LogP contribution in [0.1, 0.15) is 138 Å². The predicted molar refractivity (Wildman–Crippen MR) is 358 cm³/mol. The normalized spacial score (nSPS) is 11.2. The number of rotatable bonds is 39. The van der Waals surface area contributed by atoms with Crippen molar-refractivity contribution in [3.05, 3.63) is 231 Å². The Kier molecular flexibility index (Phi) is 27.6. The van der Waals surface area contributed by atoms with Gasteiger partial charge in [0.2, 0.25) is 0 Å². The summed E-state index contributed by atoms with van der Waals surface area (Å²) in [6, 6.07) is 57.1. The highest BCUT2D eigenvalue weighted by atomic mass is 32.1. The maximum Gasteiger partial charge on any atom is 0.330 e. The molecule has 0 aliphatic heterocycles. The van der Waals surface area contributed by atoms with E-state index in [1.165, 1.54) is 50.7 Å². The molecule has 7 aromatic rings. The van der Waals surface area contributed by atoms with E-state index >= 15 is 0 Å². The number of carbonyl (C=O) groups is 4. The molecule has 10 nitrogen and oxygen atoms in total. The fraction of sp³-hybridized carbons (Fsp3) is 0.316. The molecule has 0 aliphatic carbocycles. The molecule has 0 amide bonds. The highest BCUT2D eigenvalue weighted by molar-refractivity contribution is 7.18. The number of hydrogen-bond acceptors (Lipinski definition) is 11. The Morgan fingerprint density at radius 3 is 1.01 bits per heavy atom. The minimum Gasteiger partial charge on any atom is -0.463 e. The van der Waals surface area contributed by atoms with E-state index < -0.39 is 5.97 Å². The first-order valence-corrected chi connectivity index (χ1v) is 31.9. The van der Waals surface area contributed by atoms with Gasteiger partial charge >= 0.3 is 23.9 Å². The number of thiophene rings is 1. The number of ether oxygens (including phenoxy) is 4. The molecular formula is C76H86N2O8S. The van der Waals surface area contributed by atoms with Gasteiger partial charge in [0.15, 0.2) is 0 Å². The van der Waals surface area contributed by atoms with Crippen LogP contribution in [0.2, 0.25) is 0 Å². The maximum absolute atomic E-state index is 12.4. The van der Waals surface area contributed by atoms with Crippen LogP contribution in [0.5, 0.6) is 0 Å². The van der Waals surface area contributed by atoms with E-state index in [0.717, 1.165) is 173 Å². The summed E-state index contributed by atoms with van der Waals surface area (Å²) in [6.07, 6.45) is 23.2. The number of hydrogen-bond donors (Lipinski definition) is 0. The average molecular weight is 1190 g/mol. The third kappa shape index (κ3) is 21.4. The van der Waals surface area contributed by atoms with Gasteiger partial charge in [-0.2, -0.15) is 0 Å². The first-order chi connectivity index (χ1) is 42.6. The van der Waals surface area contributed by atoms with Crippen molar-refractivity contribution in [3.63, 3.8) is 0 Å². The quantitative estimate of drug-likeness (QED) is 0.0160. The standard InChI is InChI=1S/C76H86N2O8S/c1-6-11-18-28-70(86-76(82)10-5)61-35-47-67(48-36-61)78(66-45-33-60(34-46-66)27-21-14-17-24-57-85-75(81)9-4)69-51-39-63(40-52-69)72-54-53-71(87-72)62-37-49-68(50-38-62)77(64-41-29-58(30-42-64)25-19-12-15-22-55-83-73(79)7-2)65-43-31-59(32-44-65)26-20-13-16-23-56-84-74(80)8-3/h7-10,29-54,70H,2-6,11-28,55-57H2,1H3. The number of unbranched alkanes of at least 4 members (excludes halogenated alkanes) is 11. The minimum absolute atomic E-state index is 0.355. The molecule has 0 radical (unpaired) electrons. The summed E-state index contributed by atoms with van der Waals surface area (Å²) in [5.74, 6) is -1.53. The summed E-state index contributed by atoms with van der Waals surface area (Å²) in [5.41, 5.74) is 13.3. The van der Waals surface area contributed by atoms with Gasteiger partial charge in [0.05, 0.1) is 19.8 Å². The van der Waals surface area contributed by atoms with Crippen molar-refractivity contribution in [2.75, 3.05) is 29.6 Å². The first-order valence-electron chi connectivity index (χ1n) is 31.1. The average Bonchev–Trinajstić information content (AvgIpc) is 2.94. The zero-order valence-electron chi connectivity index (χ0n) is 50.9. The number of aryl methyl sites for hydroxylation is 3. The Morgan fingerprint density at radius 2 is 0.690 bits per heavy atom. The van der Waals surface area contributed by atoms with Crippen molar-refractivity contribution in [2.45, 2.75) is 135 Å². The van der Waals surface area contributed by atoms with E-state index in [1.54, 1.807) is 11.3 Å². The van der Waals surface area contributed by atoms with E-state index in [2.05, 4.69) is 201 Å². The number of nitrogens with zero attached hydrogens (tertiary/aromatic N) is 2. The van der Waals surface area contributed by atoms with E-state index in [9.17, 15) is 19.2 Å². The topological polar surface area (TPSA) is 112 Å². The molecule has 0 spiro atoms. The SMILES string of the molecule is C=CC(=O)OCCCCCCc1ccc(N(c2ccc(CCCCCCOC(=O)C=C)cc2)c2ccc(-c3ccc(-c4ccc(N(c5ccc(CCCCCCOC(=O)C=C)cc5)c5ccc(C(CCCCC)OC(=O)C=C)cc5)cc4)s3)cc2)cc1. The molecule has 0 fully saturated rings. The van der Waals surface area contributed by atoms with Gasteiger partial charge in [-0.05, 0) is 189 Å². The summed E-state index contributed by atoms with van der Waals surface area (Å²) in [4.78, 5) is 53.6. The fourth-order valence-corrected chi connectivity index (χ4v) is 11.5. The third-order valence-corrected chi connectivity index (χ3v) is 16.5. The lowest BCUT2D eigenvalue weighted by atomic mass is 10.0. The summed E-state index contributed by atoms with van der Waals surface area (Å²) < 4.78 is 21.3. The molecule has 1 unspecified atom stereocenters. The van der Waals surface area contributed by atoms with Gasteiger partial charge in [0, 0.05) is 68.2 Å². The lowest BCUT2D eigenvalue weighted by Crippen LogP contribution is -2.12. The summed E-state index contributed by atoms with van der Waals surface area (Å²) in [6.45, 7) is 17.5. The van der Waals surface area contributed by atoms with Crippen molar-refractivity contribution in [3.8, 4) is 20.9 Å². The summed E-state index contributed by atoms with van der Waals surface area (Å²) in [5, 5.41) is 0. The van der Waals surface area contributed by atoms with Crippen molar-refractivity contribution in [1.82, 2.24) is 0 Å². The molecule has 0 saturated heterocycles. The molecule has 0 bridgehead atoms. The van der Waals surface area contributed by atoms with Gasteiger partial charge < -0.3 is 28.7 Å². The van der Waals surface area contributed by atoms with Gasteiger partial charge in [0.25, 0.3) is 0 Å². The number of esters is 4. The second-order valence-corrected chi connectivity index (χ2v) is 22.8. The zero-order chi connectivity index (χ0) is 61.4. The second-order valence-electron chi connectivity index (χ2n) is 21.8. The van der Waals surface area contributed by atoms with Gasteiger partial charge in [-0.15, -0.1) is 11.3 Å². The predicted octanol–water partition coefficient (Wildman–Crippen LogP) is 19.9. The molecule has 454 valence electrons. The molecule has 1 heterocycles. The molecule has 0 aliphatic rings. The first kappa shape index (κ1) is 66.0. The van der Waals surface area contributed by atoms with E-state index in [1.807, 2.05) is 0 Å². The summed E-state index contributed by atoms with van der Waals surface area (Å²) in [7, 11) is 0. The molecule has 1 aromatic heterocycles. The molecule has 7 rings (SSSR count). The van der Waals surface area contributed by atoms with Crippen LogP contribution in [0.25, 0.3) is 20.9 Å². The minimum atomic E-state index is -0.419. The summed E-state index contributed by atoms with van der Waals surface area (Å²) >= 11 is 1.78. The van der Waals surface area contributed by atoms with Gasteiger partial charge in [-0.3, -0.25) is 0 Å². The lowest BCUT2D eigenvalue weighted by Gasteiger charge is -2.26. The molecule has 11 heteroatoms. The van der Waals surface area contributed by atoms with E-state index in [4.69, 9.17) is 18.9 Å². The molecule has 6 aromatic carbocycles. The van der Waals surface area contributed by atoms with Crippen LogP contribution in [-0.4, -0.2) is 43.7 Å². The maximum atomic E-state index is 12.4. The van der Waals surface area contributed by atoms with Crippen LogP contribution in [0, 0.1) is 0 Å². The van der Waals surface area contributed by atoms with Gasteiger partial charge in [-0.25, -0.2) is 19.2 Å². The molecule has 1 atom stereocenters. The van der Waals surface area contributed by atoms with Crippen LogP contribution < -0.4 is 9.80 Å². The van der Waals surface area contributed by atoms with Gasteiger partial charge in [-0.1, -0.05) is 157 Å². The Morgan fingerprint density at radius 1 is 0.379 bits per heavy atom. The lowest BCUT2D eigenvalue weighted by molar-refractivity contribution is -0.144. The molecule has 0 N–H and O–H groups in total. The van der Waals surface area contributed by atoms with Crippen LogP contribution in [0.3, 0.4) is 0 Å². The van der Waals surface area contributed by atoms with E-state index in [-0.39, 0.29) is 24.0 Å². The number of anilines is 6. The number of benzene rings is 6. The van der Waals surface area contributed by atoms with Crippen molar-refractivity contribution >= 4 is 69.3 Å². The monoisotopic (exact) mass is 1190 g/mol. The number of carbonyl (C=O) groups excluding carboxylic acids is 4. The Bertz CT molecular complexity index is 3180. The largest absolute Gasteiger partial charge is 0.463 e. The second kappa shape index (κ2) is 36.5. The smallest absolute Gasteiger partial charge is 0.330 e. The Hall–Kier alpha value is -8.54. The highest BCUT2D eigenvalue weighted by Gasteiger charge is 2.20. The van der Waals surface area contributed by atoms with Crippen molar-refractivity contribution in [1.29, 1.82) is 0 Å². The van der Waals surface area contributed by atoms with E-state index in [0.29, 0.717) is 19.8 Å². The van der Waals surface area contributed by atoms with Crippen molar-refractivity contribution in [2.24, 2.45) is 0 Å². The van der Waals surface area contributed by atoms with Crippen molar-refractivity contribution < 1.29 is 38.1 Å². The third-order valence-electron chi connectivity index (χ3n) is 15.3. The van der Waals surface area contributed by atoms with Crippen LogP contribution in [0.15, 0.2) is 208 Å². The van der Waals surface area contributed by atoms with Crippen LogP contribution in [-0.2, 0) is 57.4 Å². The fourth-order valence-electron chi connectivity index (χ4n) is 10.5. The Balaban J connectivity index is 1.06. The molecule has 87 heavy (non-hydrogen) atoms. The molecular weight excluding hydrogens is 1100 g/mol. The van der Waals surface area contributed by atoms with Crippen LogP contribution in [0.4, 0.5) is 34.1 Å².